The van der Waals surface area contributed by atoms with Crippen molar-refractivity contribution in [2.45, 2.75) is 12.8 Å². The number of ether oxygens (including phenoxy) is 2. The largest absolute Gasteiger partial charge is 0.497 e. The second kappa shape index (κ2) is 8.17. The Balaban J connectivity index is 1.44. The zero-order chi connectivity index (χ0) is 16.8. The van der Waals surface area contributed by atoms with Gasteiger partial charge in [-0.3, -0.25) is 9.69 Å². The second-order valence-electron chi connectivity index (χ2n) is 5.96. The first-order chi connectivity index (χ1) is 11.8. The number of carbonyl (C=O) groups is 1. The molecule has 0 bridgehead atoms. The molecule has 3 rings (SSSR count). The van der Waals surface area contributed by atoms with Crippen LogP contribution in [0.3, 0.4) is 0 Å². The van der Waals surface area contributed by atoms with Crippen molar-refractivity contribution in [1.29, 1.82) is 0 Å². The van der Waals surface area contributed by atoms with E-state index in [1.165, 1.54) is 0 Å². The topological polar surface area (TPSA) is 63.9 Å². The van der Waals surface area contributed by atoms with E-state index in [1.54, 1.807) is 13.4 Å². The lowest BCUT2D eigenvalue weighted by molar-refractivity contribution is -0.120. The molecule has 2 heterocycles. The fourth-order valence-electron chi connectivity index (χ4n) is 2.92. The first-order valence-electron chi connectivity index (χ1n) is 8.37. The van der Waals surface area contributed by atoms with Crippen LogP contribution in [0.1, 0.15) is 12.0 Å². The second-order valence-corrected chi connectivity index (χ2v) is 5.96. The summed E-state index contributed by atoms with van der Waals surface area (Å²) in [4.78, 5) is 14.5. The Labute approximate surface area is 141 Å². The van der Waals surface area contributed by atoms with E-state index in [9.17, 15) is 4.79 Å². The zero-order valence-corrected chi connectivity index (χ0v) is 14.0. The van der Waals surface area contributed by atoms with E-state index in [1.807, 2.05) is 18.2 Å². The van der Waals surface area contributed by atoms with Gasteiger partial charge in [0.05, 0.1) is 33.0 Å². The summed E-state index contributed by atoms with van der Waals surface area (Å²) in [5.41, 5.74) is 1.64. The highest BCUT2D eigenvalue weighted by Crippen LogP contribution is 2.25. The molecule has 1 N–H and O–H groups in total. The highest BCUT2D eigenvalue weighted by molar-refractivity contribution is 5.88. The number of nitrogens with one attached hydrogen (secondary N) is 1. The molecule has 1 aromatic carbocycles. The maximum Gasteiger partial charge on any atom is 0.224 e. The molecule has 1 saturated heterocycles. The van der Waals surface area contributed by atoms with E-state index >= 15 is 0 Å². The number of fused-ring (bicyclic) bond motifs is 1. The summed E-state index contributed by atoms with van der Waals surface area (Å²) in [6, 6.07) is 5.64. The number of furan rings is 1. The van der Waals surface area contributed by atoms with Crippen LogP contribution in [0.5, 0.6) is 5.75 Å². The number of amides is 1. The van der Waals surface area contributed by atoms with Crippen molar-refractivity contribution in [1.82, 2.24) is 10.2 Å². The monoisotopic (exact) mass is 332 g/mol. The minimum absolute atomic E-state index is 0.0236. The highest BCUT2D eigenvalue weighted by atomic mass is 16.5. The Hall–Kier alpha value is -2.05. The predicted octanol–water partition coefficient (Wildman–Crippen LogP) is 1.82. The van der Waals surface area contributed by atoms with E-state index in [2.05, 4.69) is 10.2 Å². The van der Waals surface area contributed by atoms with E-state index in [0.717, 1.165) is 61.6 Å². The molecule has 1 fully saturated rings. The van der Waals surface area contributed by atoms with Gasteiger partial charge in [-0.15, -0.1) is 0 Å². The van der Waals surface area contributed by atoms with Crippen LogP contribution in [-0.2, 0) is 16.0 Å². The third-order valence-electron chi connectivity index (χ3n) is 4.29. The molecule has 1 aliphatic rings. The quantitative estimate of drug-likeness (QED) is 0.784. The summed E-state index contributed by atoms with van der Waals surface area (Å²) >= 11 is 0. The molecular formula is C18H24N2O4. The lowest BCUT2D eigenvalue weighted by atomic mass is 10.1. The van der Waals surface area contributed by atoms with Crippen LogP contribution in [0, 0.1) is 0 Å². The fraction of sp³-hybridized carbons (Fsp3) is 0.500. The molecule has 0 unspecified atom stereocenters. The van der Waals surface area contributed by atoms with Crippen LogP contribution in [0.4, 0.5) is 0 Å². The zero-order valence-electron chi connectivity index (χ0n) is 14.0. The van der Waals surface area contributed by atoms with E-state index < -0.39 is 0 Å². The van der Waals surface area contributed by atoms with Crippen LogP contribution in [0.25, 0.3) is 11.0 Å². The number of nitrogens with zero attached hydrogens (tertiary/aromatic N) is 1. The van der Waals surface area contributed by atoms with Gasteiger partial charge < -0.3 is 19.2 Å². The molecule has 2 aromatic rings. The molecule has 1 aliphatic heterocycles. The Morgan fingerprint density at radius 1 is 1.33 bits per heavy atom. The van der Waals surface area contributed by atoms with Crippen molar-refractivity contribution >= 4 is 16.9 Å². The first-order valence-corrected chi connectivity index (χ1v) is 8.37. The van der Waals surface area contributed by atoms with Crippen LogP contribution in [0.2, 0.25) is 0 Å². The molecule has 0 spiro atoms. The Bertz CT molecular complexity index is 677. The summed E-state index contributed by atoms with van der Waals surface area (Å²) in [5, 5.41) is 3.94. The van der Waals surface area contributed by atoms with Gasteiger partial charge in [-0.05, 0) is 25.1 Å². The number of rotatable bonds is 7. The maximum absolute atomic E-state index is 12.1. The maximum atomic E-state index is 12.1. The van der Waals surface area contributed by atoms with Gasteiger partial charge in [0.1, 0.15) is 11.3 Å². The molecule has 6 nitrogen and oxygen atoms in total. The van der Waals surface area contributed by atoms with Crippen LogP contribution in [-0.4, -0.2) is 57.3 Å². The van der Waals surface area contributed by atoms with Crippen molar-refractivity contribution in [3.05, 3.63) is 30.0 Å². The number of benzene rings is 1. The number of carbonyl (C=O) groups excluding carboxylic acids is 1. The predicted molar refractivity (Wildman–Crippen MR) is 91.4 cm³/mol. The minimum atomic E-state index is 0.0236. The molecule has 1 aromatic heterocycles. The summed E-state index contributed by atoms with van der Waals surface area (Å²) in [6.07, 6.45) is 2.93. The van der Waals surface area contributed by atoms with Gasteiger partial charge in [0.25, 0.3) is 0 Å². The van der Waals surface area contributed by atoms with Gasteiger partial charge in [-0.1, -0.05) is 0 Å². The molecule has 0 radical (unpaired) electrons. The smallest absolute Gasteiger partial charge is 0.224 e. The fourth-order valence-corrected chi connectivity index (χ4v) is 2.92. The molecule has 0 saturated carbocycles. The first kappa shape index (κ1) is 16.8. The van der Waals surface area contributed by atoms with Crippen LogP contribution < -0.4 is 10.1 Å². The van der Waals surface area contributed by atoms with E-state index in [-0.39, 0.29) is 5.91 Å². The lowest BCUT2D eigenvalue weighted by Gasteiger charge is -2.26. The minimum Gasteiger partial charge on any atom is -0.497 e. The average Bonchev–Trinajstić information content (AvgIpc) is 3.01. The normalized spacial score (nSPS) is 15.5. The lowest BCUT2D eigenvalue weighted by Crippen LogP contribution is -2.38. The van der Waals surface area contributed by atoms with Gasteiger partial charge >= 0.3 is 0 Å². The standard InChI is InChI=1S/C18H24N2O4/c1-22-15-3-4-16-14(13-24-17(16)12-15)11-18(21)19-5-2-6-20-7-9-23-10-8-20/h3-4,12-13H,2,5-11H2,1H3,(H,19,21). The van der Waals surface area contributed by atoms with Gasteiger partial charge in [0, 0.05) is 36.7 Å². The molecule has 0 atom stereocenters. The van der Waals surface area contributed by atoms with Gasteiger partial charge in [-0.25, -0.2) is 0 Å². The van der Waals surface area contributed by atoms with E-state index in [4.69, 9.17) is 13.9 Å². The molecule has 1 amide bonds. The van der Waals surface area contributed by atoms with Gasteiger partial charge in [-0.2, -0.15) is 0 Å². The SMILES string of the molecule is COc1ccc2c(CC(=O)NCCCN3CCOCC3)coc2c1. The summed E-state index contributed by atoms with van der Waals surface area (Å²) in [7, 11) is 1.62. The number of morpholine rings is 1. The third kappa shape index (κ3) is 4.27. The van der Waals surface area contributed by atoms with Crippen LogP contribution in [0.15, 0.2) is 28.9 Å². The number of hydrogen-bond acceptors (Lipinski definition) is 5. The Morgan fingerprint density at radius 3 is 2.96 bits per heavy atom. The summed E-state index contributed by atoms with van der Waals surface area (Å²) in [5.74, 6) is 0.770. The molecule has 0 aliphatic carbocycles. The molecule has 6 heteroatoms. The molecule has 24 heavy (non-hydrogen) atoms. The van der Waals surface area contributed by atoms with Gasteiger partial charge in [0.15, 0.2) is 0 Å². The third-order valence-corrected chi connectivity index (χ3v) is 4.29. The Morgan fingerprint density at radius 2 is 2.17 bits per heavy atom. The van der Waals surface area contributed by atoms with Crippen LogP contribution >= 0.6 is 0 Å². The molecular weight excluding hydrogens is 308 g/mol. The number of methoxy groups -OCH3 is 1. The summed E-state index contributed by atoms with van der Waals surface area (Å²) in [6.45, 7) is 5.28. The van der Waals surface area contributed by atoms with Crippen molar-refractivity contribution < 1.29 is 18.7 Å². The summed E-state index contributed by atoms with van der Waals surface area (Å²) < 4.78 is 16.0. The average molecular weight is 332 g/mol. The van der Waals surface area contributed by atoms with E-state index in [0.29, 0.717) is 13.0 Å². The van der Waals surface area contributed by atoms with Crippen molar-refractivity contribution in [3.63, 3.8) is 0 Å². The van der Waals surface area contributed by atoms with Crippen molar-refractivity contribution in [3.8, 4) is 5.75 Å². The Kier molecular flexibility index (Phi) is 5.72. The van der Waals surface area contributed by atoms with Gasteiger partial charge in [0.2, 0.25) is 5.91 Å². The molecule has 130 valence electrons. The van der Waals surface area contributed by atoms with Crippen molar-refractivity contribution in [2.75, 3.05) is 46.5 Å². The van der Waals surface area contributed by atoms with Crippen molar-refractivity contribution in [2.24, 2.45) is 0 Å². The number of hydrogen-bond donors (Lipinski definition) is 1. The highest BCUT2D eigenvalue weighted by Gasteiger charge is 2.12.